The van der Waals surface area contributed by atoms with Crippen molar-refractivity contribution >= 4 is 23.5 Å². The Balaban J connectivity index is -0.0000000261. The van der Waals surface area contributed by atoms with Crippen LogP contribution in [0.25, 0.3) is 0 Å². The van der Waals surface area contributed by atoms with E-state index in [1.165, 1.54) is 0 Å². The van der Waals surface area contributed by atoms with Crippen LogP contribution in [0.15, 0.2) is 0 Å². The summed E-state index contributed by atoms with van der Waals surface area (Å²) in [4.78, 5) is 57.3. The Hall–Kier alpha value is 3.01. The third kappa shape index (κ3) is 53.7. The van der Waals surface area contributed by atoms with Crippen LogP contribution in [0.4, 0.5) is 0 Å². The maximum Gasteiger partial charge on any atom is 1.00 e. The zero-order chi connectivity index (χ0) is 12.2. The molecule has 0 saturated heterocycles. The molecule has 4 N–H and O–H groups in total. The Bertz CT molecular complexity index is 276. The number of hydrogen-bond acceptors (Lipinski definition) is 7. The van der Waals surface area contributed by atoms with Crippen LogP contribution in [0.3, 0.4) is 0 Å². The van der Waals surface area contributed by atoms with Crippen LogP contribution in [-0.4, -0.2) is 19.6 Å². The third-order valence-electron chi connectivity index (χ3n) is 0.203. The van der Waals surface area contributed by atoms with E-state index in [1.54, 1.807) is 0 Å². The molecule has 11 nitrogen and oxygen atoms in total. The van der Waals surface area contributed by atoms with Gasteiger partial charge in [0.25, 0.3) is 7.82 Å². The zero-order valence-corrected chi connectivity index (χ0v) is 15.8. The SMILES string of the molecule is O=P(O)(O)O.O=P([O-])([O-])OP(=O)([O-])O.[H+].[H+].[H-].[K+].[Na+]. The first-order valence-corrected chi connectivity index (χ1v) is 6.78. The summed E-state index contributed by atoms with van der Waals surface area (Å²) in [5.74, 6) is 0. The van der Waals surface area contributed by atoms with Gasteiger partial charge in [0.05, 0.1) is 7.82 Å². The first-order valence-electron chi connectivity index (χ1n) is 2.26. The molecule has 0 aliphatic carbocycles. The van der Waals surface area contributed by atoms with Crippen LogP contribution in [0.2, 0.25) is 0 Å². The first-order chi connectivity index (χ1) is 5.71. The summed E-state index contributed by atoms with van der Waals surface area (Å²) in [6.45, 7) is 0. The molecule has 0 rings (SSSR count). The zero-order valence-electron chi connectivity index (χ0n) is 11.0. The Morgan fingerprint density at radius 1 is 1.00 bits per heavy atom. The summed E-state index contributed by atoms with van der Waals surface area (Å²) in [5, 5.41) is 0. The van der Waals surface area contributed by atoms with Crippen molar-refractivity contribution < 1.29 is 137 Å². The van der Waals surface area contributed by atoms with Gasteiger partial charge in [0.15, 0.2) is 0 Å². The van der Waals surface area contributed by atoms with E-state index in [0.29, 0.717) is 0 Å². The topological polar surface area (TPSA) is 211 Å². The minimum Gasteiger partial charge on any atom is -1.00 e. The van der Waals surface area contributed by atoms with Crippen molar-refractivity contribution in [1.29, 1.82) is 0 Å². The predicted octanol–water partition coefficient (Wildman–Crippen LogP) is -9.29. The number of phosphoric acid groups is 3. The molecule has 0 radical (unpaired) electrons. The molecule has 16 heteroatoms. The van der Waals surface area contributed by atoms with E-state index in [9.17, 15) is 23.8 Å². The van der Waals surface area contributed by atoms with Crippen molar-refractivity contribution in [2.45, 2.75) is 0 Å². The molecule has 0 bridgehead atoms. The molecule has 0 aromatic rings. The van der Waals surface area contributed by atoms with Crippen molar-refractivity contribution in [1.82, 2.24) is 0 Å². The molecular weight excluding hydrogens is 331 g/mol. The van der Waals surface area contributed by atoms with E-state index < -0.39 is 23.5 Å². The van der Waals surface area contributed by atoms with E-state index >= 15 is 0 Å². The van der Waals surface area contributed by atoms with Gasteiger partial charge in [0.2, 0.25) is 0 Å². The van der Waals surface area contributed by atoms with E-state index in [1.807, 2.05) is 0 Å². The van der Waals surface area contributed by atoms with Crippen LogP contribution in [-0.2, 0) is 18.0 Å². The molecule has 0 amide bonds. The molecule has 0 aromatic heterocycles. The van der Waals surface area contributed by atoms with Gasteiger partial charge in [0, 0.05) is 0 Å². The minimum atomic E-state index is -5.61. The second-order valence-corrected chi connectivity index (χ2v) is 5.02. The van der Waals surface area contributed by atoms with Gasteiger partial charge < -0.3 is 40.2 Å². The quantitative estimate of drug-likeness (QED) is 0.274. The van der Waals surface area contributed by atoms with Gasteiger partial charge >= 0.3 is 91.6 Å². The molecule has 0 heterocycles. The predicted molar refractivity (Wildman–Crippen MR) is 36.1 cm³/mol. The van der Waals surface area contributed by atoms with E-state index in [4.69, 9.17) is 24.1 Å². The molecule has 0 aliphatic heterocycles. The molecule has 0 aromatic carbocycles. The Kier molecular flexibility index (Phi) is 18.4. The van der Waals surface area contributed by atoms with Gasteiger partial charge in [-0.05, 0) is 0 Å². The Morgan fingerprint density at radius 3 is 1.19 bits per heavy atom. The summed E-state index contributed by atoms with van der Waals surface area (Å²) in [7, 11) is -15.7. The van der Waals surface area contributed by atoms with Crippen LogP contribution in [0, 0.1) is 0 Å². The minimum absolute atomic E-state index is 0. The van der Waals surface area contributed by atoms with Crippen molar-refractivity contribution in [3.63, 3.8) is 0 Å². The van der Waals surface area contributed by atoms with Gasteiger partial charge in [-0.25, -0.2) is 4.57 Å². The van der Waals surface area contributed by atoms with Crippen molar-refractivity contribution in [3.05, 3.63) is 0 Å². The average Bonchev–Trinajstić information content (AvgIpc) is 1.42. The van der Waals surface area contributed by atoms with Gasteiger partial charge in [-0.3, -0.25) is 8.88 Å². The van der Waals surface area contributed by atoms with Gasteiger partial charge in [0.1, 0.15) is 0 Å². The summed E-state index contributed by atoms with van der Waals surface area (Å²) >= 11 is 0. The van der Waals surface area contributed by atoms with Crippen LogP contribution in [0.1, 0.15) is 4.28 Å². The summed E-state index contributed by atoms with van der Waals surface area (Å²) < 4.78 is 30.3. The third-order valence-corrected chi connectivity index (χ3v) is 1.83. The normalized spacial score (nSPS) is 14.4. The van der Waals surface area contributed by atoms with Crippen molar-refractivity contribution in [2.75, 3.05) is 0 Å². The smallest absolute Gasteiger partial charge is 1.00 e. The Morgan fingerprint density at radius 2 is 1.19 bits per heavy atom. The van der Waals surface area contributed by atoms with E-state index in [0.717, 1.165) is 0 Å². The van der Waals surface area contributed by atoms with Crippen LogP contribution < -0.4 is 95.6 Å². The molecule has 0 aliphatic rings. The fourth-order valence-corrected chi connectivity index (χ4v) is 1.14. The Labute approximate surface area is 158 Å². The standard InChI is InChI=1S/K.Na.H4O7P2.H3O4P.H/c;;1-8(2,3)7-9(4,5)6;1-5(2,3)4;/h;;(H2,1,2,3)(H2,4,5,6);(H3,1,2,3,4);/q2*+1;;;-1/p-1. The fraction of sp³-hybridized carbons (Fsp3) is 0. The molecule has 16 heavy (non-hydrogen) atoms. The van der Waals surface area contributed by atoms with Gasteiger partial charge in [-0.15, -0.1) is 0 Å². The largest absolute Gasteiger partial charge is 1.00 e. The summed E-state index contributed by atoms with van der Waals surface area (Å²) in [6, 6.07) is 0. The first kappa shape index (κ1) is 27.4. The van der Waals surface area contributed by atoms with E-state index in [-0.39, 0.29) is 85.2 Å². The van der Waals surface area contributed by atoms with Crippen LogP contribution in [0.5, 0.6) is 0 Å². The van der Waals surface area contributed by atoms with Gasteiger partial charge in [-0.1, -0.05) is 0 Å². The van der Waals surface area contributed by atoms with Gasteiger partial charge in [-0.2, -0.15) is 0 Å². The fourth-order valence-electron chi connectivity index (χ4n) is 0.126. The molecule has 1 atom stereocenters. The monoisotopic (exact) mass is 338 g/mol. The van der Waals surface area contributed by atoms with Crippen molar-refractivity contribution in [2.24, 2.45) is 0 Å². The molecule has 1 unspecified atom stereocenters. The molecule has 0 saturated carbocycles. The second-order valence-electron chi connectivity index (χ2n) is 1.51. The second kappa shape index (κ2) is 10.8. The molecule has 90 valence electrons. The number of rotatable bonds is 2. The molecular formula is H7KNaO11P3. The summed E-state index contributed by atoms with van der Waals surface area (Å²) in [6.07, 6.45) is 0. The van der Waals surface area contributed by atoms with Crippen molar-refractivity contribution in [3.8, 4) is 0 Å². The molecule has 0 fully saturated rings. The molecule has 0 spiro atoms. The summed E-state index contributed by atoms with van der Waals surface area (Å²) in [5.41, 5.74) is 0. The average molecular weight is 338 g/mol. The maximum atomic E-state index is 9.44. The maximum absolute atomic E-state index is 9.44. The van der Waals surface area contributed by atoms with E-state index in [2.05, 4.69) is 4.31 Å². The number of hydrogen-bond donors (Lipinski definition) is 4. The van der Waals surface area contributed by atoms with Crippen LogP contribution >= 0.6 is 23.5 Å².